The van der Waals surface area contributed by atoms with Gasteiger partial charge in [0.2, 0.25) is 5.88 Å². The van der Waals surface area contributed by atoms with Crippen LogP contribution in [0.4, 0.5) is 23.2 Å². The van der Waals surface area contributed by atoms with E-state index in [1.807, 2.05) is 36.9 Å². The molecule has 0 aliphatic carbocycles. The molecule has 0 N–H and O–H groups in total. The van der Waals surface area contributed by atoms with E-state index in [1.54, 1.807) is 16.7 Å². The second kappa shape index (κ2) is 11.0. The number of alkyl halides is 3. The number of anilines is 1. The van der Waals surface area contributed by atoms with Gasteiger partial charge in [-0.1, -0.05) is 30.3 Å². The lowest BCUT2D eigenvalue weighted by Crippen LogP contribution is -2.30. The zero-order valence-electron chi connectivity index (χ0n) is 22.6. The van der Waals surface area contributed by atoms with Gasteiger partial charge in [0.15, 0.2) is 0 Å². The number of ether oxygens (including phenoxy) is 1. The van der Waals surface area contributed by atoms with Crippen molar-refractivity contribution >= 4 is 16.7 Å². The smallest absolute Gasteiger partial charge is 0.416 e. The summed E-state index contributed by atoms with van der Waals surface area (Å²) in [5.74, 6) is -0.153. The van der Waals surface area contributed by atoms with Gasteiger partial charge in [-0.05, 0) is 56.8 Å². The van der Waals surface area contributed by atoms with Gasteiger partial charge in [-0.25, -0.2) is 14.2 Å². The normalized spacial score (nSPS) is 15.9. The molecule has 1 aliphatic rings. The van der Waals surface area contributed by atoms with E-state index in [4.69, 9.17) is 4.74 Å². The lowest BCUT2D eigenvalue weighted by Gasteiger charge is -2.21. The molecule has 2 aromatic carbocycles. The molecule has 1 aliphatic heterocycles. The summed E-state index contributed by atoms with van der Waals surface area (Å²) in [6, 6.07) is 11.5. The lowest BCUT2D eigenvalue weighted by atomic mass is 10.1. The Morgan fingerprint density at radius 3 is 2.60 bits per heavy atom. The maximum Gasteiger partial charge on any atom is 0.416 e. The van der Waals surface area contributed by atoms with Crippen LogP contribution in [0.25, 0.3) is 11.0 Å². The number of pyridine rings is 1. The second-order valence-electron chi connectivity index (χ2n) is 10.3. The maximum atomic E-state index is 14.7. The van der Waals surface area contributed by atoms with Gasteiger partial charge in [0.05, 0.1) is 29.4 Å². The molecule has 40 heavy (non-hydrogen) atoms. The molecule has 4 aromatic rings. The summed E-state index contributed by atoms with van der Waals surface area (Å²) in [5, 5.41) is 0. The first-order chi connectivity index (χ1) is 19.1. The molecule has 2 aromatic heterocycles. The number of hydrogen-bond acceptors (Lipinski definition) is 5. The van der Waals surface area contributed by atoms with Crippen LogP contribution in [-0.2, 0) is 12.7 Å². The van der Waals surface area contributed by atoms with Crippen molar-refractivity contribution in [3.63, 3.8) is 0 Å². The second-order valence-corrected chi connectivity index (χ2v) is 10.3. The van der Waals surface area contributed by atoms with Crippen molar-refractivity contribution in [2.24, 2.45) is 0 Å². The van der Waals surface area contributed by atoms with Gasteiger partial charge < -0.3 is 14.5 Å². The molecule has 5 rings (SSSR count). The Kier molecular flexibility index (Phi) is 7.59. The third-order valence-corrected chi connectivity index (χ3v) is 7.30. The van der Waals surface area contributed by atoms with Crippen molar-refractivity contribution in [1.29, 1.82) is 0 Å². The molecule has 1 saturated heterocycles. The zero-order chi connectivity index (χ0) is 28.6. The third kappa shape index (κ3) is 5.30. The van der Waals surface area contributed by atoms with Crippen molar-refractivity contribution in [1.82, 2.24) is 19.0 Å². The van der Waals surface area contributed by atoms with E-state index in [2.05, 4.69) is 4.98 Å². The van der Waals surface area contributed by atoms with Crippen molar-refractivity contribution < 1.29 is 22.3 Å². The number of benzene rings is 2. The molecule has 3 heterocycles. The first kappa shape index (κ1) is 27.7. The fraction of sp³-hybridized carbons (Fsp3) is 0.379. The first-order valence-electron chi connectivity index (χ1n) is 13.1. The van der Waals surface area contributed by atoms with Crippen molar-refractivity contribution in [2.45, 2.75) is 32.1 Å². The number of rotatable bonds is 8. The van der Waals surface area contributed by atoms with Crippen LogP contribution in [0.2, 0.25) is 0 Å². The fourth-order valence-electron chi connectivity index (χ4n) is 5.42. The molecular weight excluding hydrogens is 526 g/mol. The number of hydrogen-bond donors (Lipinski definition) is 0. The molecule has 7 nitrogen and oxygen atoms in total. The van der Waals surface area contributed by atoms with Gasteiger partial charge in [-0.3, -0.25) is 9.13 Å². The molecule has 0 radical (unpaired) electrons. The number of halogens is 4. The van der Waals surface area contributed by atoms with Crippen LogP contribution in [0.5, 0.6) is 5.88 Å². The number of fused-ring (bicyclic) bond motifs is 1. The molecule has 1 fully saturated rings. The minimum Gasteiger partial charge on any atom is -0.475 e. The number of imidazole rings is 1. The molecule has 1 atom stereocenters. The van der Waals surface area contributed by atoms with Crippen LogP contribution < -0.4 is 15.3 Å². The van der Waals surface area contributed by atoms with Gasteiger partial charge in [0, 0.05) is 25.8 Å². The predicted octanol–water partition coefficient (Wildman–Crippen LogP) is 5.10. The number of para-hydroxylation sites is 1. The Balaban J connectivity index is 1.61. The van der Waals surface area contributed by atoms with Crippen LogP contribution in [0.15, 0.2) is 59.5 Å². The van der Waals surface area contributed by atoms with Crippen molar-refractivity contribution in [3.8, 4) is 5.88 Å². The number of aromatic nitrogens is 3. The average Bonchev–Trinajstić information content (AvgIpc) is 3.46. The van der Waals surface area contributed by atoms with Crippen LogP contribution in [-0.4, -0.2) is 59.4 Å². The van der Waals surface area contributed by atoms with Crippen molar-refractivity contribution in [3.05, 3.63) is 87.7 Å². The first-order valence-corrected chi connectivity index (χ1v) is 13.1. The molecule has 0 spiro atoms. The minimum absolute atomic E-state index is 0.0331. The van der Waals surface area contributed by atoms with Crippen LogP contribution in [0.1, 0.15) is 29.2 Å². The maximum absolute atomic E-state index is 14.7. The molecule has 0 bridgehead atoms. The summed E-state index contributed by atoms with van der Waals surface area (Å²) in [6.45, 7) is 3.29. The summed E-state index contributed by atoms with van der Waals surface area (Å²) in [4.78, 5) is 22.2. The average molecular weight is 558 g/mol. The standard InChI is InChI=1S/C29H31F4N5O2/c1-19-7-6-10-23(30)25(19)36-14-12-21(18-36)38-24-11-13-34-27(40-16-15-35(2)3)26(24)37(28(38)39)17-20-8-4-5-9-22(20)29(31,32)33/h4-11,13,21H,12,14-18H2,1-3H3. The molecule has 0 saturated carbocycles. The minimum atomic E-state index is -4.58. The Morgan fingerprint density at radius 1 is 1.10 bits per heavy atom. The Labute approximate surface area is 229 Å². The molecule has 11 heteroatoms. The van der Waals surface area contributed by atoms with Gasteiger partial charge in [-0.15, -0.1) is 0 Å². The van der Waals surface area contributed by atoms with E-state index in [-0.39, 0.29) is 36.5 Å². The molecule has 0 amide bonds. The largest absolute Gasteiger partial charge is 0.475 e. The summed E-state index contributed by atoms with van der Waals surface area (Å²) < 4.78 is 65.1. The van der Waals surface area contributed by atoms with Crippen LogP contribution >= 0.6 is 0 Å². The quantitative estimate of drug-likeness (QED) is 0.282. The van der Waals surface area contributed by atoms with Crippen LogP contribution in [0, 0.1) is 12.7 Å². The zero-order valence-corrected chi connectivity index (χ0v) is 22.6. The van der Waals surface area contributed by atoms with Gasteiger partial charge in [-0.2, -0.15) is 13.2 Å². The molecule has 1 unspecified atom stereocenters. The summed E-state index contributed by atoms with van der Waals surface area (Å²) in [7, 11) is 3.78. The SMILES string of the molecule is Cc1cccc(F)c1N1CCC(n2c(=O)n(Cc3ccccc3C(F)(F)F)c3c(OCCN(C)C)nccc32)C1. The van der Waals surface area contributed by atoms with E-state index in [9.17, 15) is 22.4 Å². The summed E-state index contributed by atoms with van der Waals surface area (Å²) in [5.41, 5.74) is 0.841. The highest BCUT2D eigenvalue weighted by Crippen LogP contribution is 2.35. The van der Waals surface area contributed by atoms with Crippen molar-refractivity contribution in [2.75, 3.05) is 45.2 Å². The Bertz CT molecular complexity index is 1560. The lowest BCUT2D eigenvalue weighted by molar-refractivity contribution is -0.138. The number of aryl methyl sites for hydroxylation is 1. The van der Waals surface area contributed by atoms with Gasteiger partial charge in [0.25, 0.3) is 0 Å². The third-order valence-electron chi connectivity index (χ3n) is 7.30. The van der Waals surface area contributed by atoms with E-state index < -0.39 is 17.4 Å². The van der Waals surface area contributed by atoms with E-state index in [0.29, 0.717) is 42.8 Å². The number of likely N-dealkylation sites (N-methyl/N-ethyl adjacent to an activating group) is 1. The van der Waals surface area contributed by atoms with E-state index >= 15 is 0 Å². The van der Waals surface area contributed by atoms with Gasteiger partial charge >= 0.3 is 11.9 Å². The van der Waals surface area contributed by atoms with E-state index in [1.165, 1.54) is 35.0 Å². The topological polar surface area (TPSA) is 55.5 Å². The predicted molar refractivity (Wildman–Crippen MR) is 146 cm³/mol. The van der Waals surface area contributed by atoms with Gasteiger partial charge in [0.1, 0.15) is 17.9 Å². The highest BCUT2D eigenvalue weighted by Gasteiger charge is 2.35. The highest BCUT2D eigenvalue weighted by atomic mass is 19.4. The van der Waals surface area contributed by atoms with E-state index in [0.717, 1.165) is 11.6 Å². The Morgan fingerprint density at radius 2 is 1.88 bits per heavy atom. The van der Waals surface area contributed by atoms with Crippen LogP contribution in [0.3, 0.4) is 0 Å². The Hall–Kier alpha value is -3.86. The summed E-state index contributed by atoms with van der Waals surface area (Å²) >= 11 is 0. The number of nitrogens with zero attached hydrogens (tertiary/aromatic N) is 5. The molecular formula is C29H31F4N5O2. The molecule has 212 valence electrons. The highest BCUT2D eigenvalue weighted by molar-refractivity contribution is 5.81. The summed E-state index contributed by atoms with van der Waals surface area (Å²) in [6.07, 6.45) is -2.48. The fourth-order valence-corrected chi connectivity index (χ4v) is 5.42. The monoisotopic (exact) mass is 557 g/mol.